The molecule has 0 N–H and O–H groups in total. The van der Waals surface area contributed by atoms with Crippen molar-refractivity contribution >= 4 is 6.29 Å². The van der Waals surface area contributed by atoms with Gasteiger partial charge >= 0.3 is 0 Å². The molecule has 3 nitrogen and oxygen atoms in total. The summed E-state index contributed by atoms with van der Waals surface area (Å²) in [5.74, 6) is 0. The van der Waals surface area contributed by atoms with Gasteiger partial charge in [0.15, 0.2) is 0 Å². The fraction of sp³-hybridized carbons (Fsp3) is 0.625. The van der Waals surface area contributed by atoms with Gasteiger partial charge in [-0.3, -0.25) is 4.98 Å². The minimum Gasteiger partial charge on any atom is -0.305 e. The van der Waals surface area contributed by atoms with Crippen molar-refractivity contribution in [3.05, 3.63) is 30.1 Å². The summed E-state index contributed by atoms with van der Waals surface area (Å²) in [6.07, 6.45) is 11.7. The first kappa shape index (κ1) is 14.2. The van der Waals surface area contributed by atoms with Crippen LogP contribution < -0.4 is 0 Å². The number of nitrogens with zero attached hydrogens (tertiary/aromatic N) is 2. The van der Waals surface area contributed by atoms with E-state index in [1.54, 1.807) is 0 Å². The Hall–Kier alpha value is -1.22. The second-order valence-corrected chi connectivity index (χ2v) is 5.88. The van der Waals surface area contributed by atoms with Gasteiger partial charge in [-0.15, -0.1) is 0 Å². The molecule has 0 bridgehead atoms. The second-order valence-electron chi connectivity index (χ2n) is 5.88. The van der Waals surface area contributed by atoms with Gasteiger partial charge in [-0.05, 0) is 44.0 Å². The summed E-state index contributed by atoms with van der Waals surface area (Å²) in [4.78, 5) is 17.8. The van der Waals surface area contributed by atoms with E-state index in [0.29, 0.717) is 0 Å². The van der Waals surface area contributed by atoms with E-state index in [4.69, 9.17) is 0 Å². The predicted octanol–water partition coefficient (Wildman–Crippen LogP) is 2.71. The van der Waals surface area contributed by atoms with Crippen molar-refractivity contribution < 1.29 is 4.79 Å². The van der Waals surface area contributed by atoms with Gasteiger partial charge in [-0.1, -0.05) is 19.3 Å². The van der Waals surface area contributed by atoms with E-state index in [9.17, 15) is 4.79 Å². The van der Waals surface area contributed by atoms with Gasteiger partial charge in [-0.25, -0.2) is 0 Å². The van der Waals surface area contributed by atoms with Crippen molar-refractivity contribution in [2.45, 2.75) is 38.5 Å². The molecule has 104 valence electrons. The Kier molecular flexibility index (Phi) is 5.08. The molecule has 0 saturated heterocycles. The lowest BCUT2D eigenvalue weighted by atomic mass is 9.75. The molecular weight excluding hydrogens is 236 g/mol. The van der Waals surface area contributed by atoms with Crippen molar-refractivity contribution in [1.29, 1.82) is 0 Å². The molecule has 0 aromatic carbocycles. The summed E-state index contributed by atoms with van der Waals surface area (Å²) in [7, 11) is 2.13. The maximum absolute atomic E-state index is 11.5. The van der Waals surface area contributed by atoms with E-state index in [1.807, 2.05) is 12.4 Å². The SMILES string of the molecule is CN(CCc1ccncc1)CC1(C=O)CCCCC1. The van der Waals surface area contributed by atoms with Crippen LogP contribution in [0.2, 0.25) is 0 Å². The Morgan fingerprint density at radius 3 is 2.58 bits per heavy atom. The molecule has 1 aliphatic rings. The Bertz CT molecular complexity index is 385. The third kappa shape index (κ3) is 4.13. The summed E-state index contributed by atoms with van der Waals surface area (Å²) in [5.41, 5.74) is 1.23. The predicted molar refractivity (Wildman–Crippen MR) is 77.0 cm³/mol. The molecule has 1 aromatic heterocycles. The van der Waals surface area contributed by atoms with Gasteiger partial charge in [0.05, 0.1) is 0 Å². The highest BCUT2D eigenvalue weighted by Crippen LogP contribution is 2.34. The fourth-order valence-electron chi connectivity index (χ4n) is 3.06. The topological polar surface area (TPSA) is 33.2 Å². The molecule has 1 heterocycles. The molecule has 1 fully saturated rings. The van der Waals surface area contributed by atoms with Crippen LogP contribution in [0.25, 0.3) is 0 Å². The fourth-order valence-corrected chi connectivity index (χ4v) is 3.06. The zero-order valence-electron chi connectivity index (χ0n) is 11.8. The van der Waals surface area contributed by atoms with E-state index < -0.39 is 0 Å². The lowest BCUT2D eigenvalue weighted by Gasteiger charge is -2.35. The minimum atomic E-state index is -0.0781. The average Bonchev–Trinajstić information content (AvgIpc) is 2.47. The lowest BCUT2D eigenvalue weighted by molar-refractivity contribution is -0.118. The van der Waals surface area contributed by atoms with Crippen molar-refractivity contribution in [2.75, 3.05) is 20.1 Å². The summed E-state index contributed by atoms with van der Waals surface area (Å²) in [6, 6.07) is 4.12. The number of hydrogen-bond donors (Lipinski definition) is 0. The second kappa shape index (κ2) is 6.80. The van der Waals surface area contributed by atoms with E-state index in [2.05, 4.69) is 29.1 Å². The molecule has 2 rings (SSSR count). The summed E-state index contributed by atoms with van der Waals surface area (Å²) in [5, 5.41) is 0. The Labute approximate surface area is 116 Å². The Balaban J connectivity index is 1.82. The first-order valence-electron chi connectivity index (χ1n) is 7.28. The van der Waals surface area contributed by atoms with Gasteiger partial charge in [-0.2, -0.15) is 0 Å². The molecule has 3 heteroatoms. The monoisotopic (exact) mass is 260 g/mol. The third-order valence-electron chi connectivity index (χ3n) is 4.22. The number of pyridine rings is 1. The van der Waals surface area contributed by atoms with Crippen LogP contribution in [0, 0.1) is 5.41 Å². The highest BCUT2D eigenvalue weighted by atomic mass is 16.1. The molecule has 1 saturated carbocycles. The van der Waals surface area contributed by atoms with Crippen molar-refractivity contribution in [3.63, 3.8) is 0 Å². The first-order chi connectivity index (χ1) is 9.24. The van der Waals surface area contributed by atoms with Gasteiger partial charge < -0.3 is 9.69 Å². The van der Waals surface area contributed by atoms with Gasteiger partial charge in [0, 0.05) is 30.9 Å². The smallest absolute Gasteiger partial charge is 0.127 e. The number of carbonyl (C=O) groups excluding carboxylic acids is 1. The Morgan fingerprint density at radius 1 is 1.26 bits per heavy atom. The van der Waals surface area contributed by atoms with Crippen LogP contribution in [0.3, 0.4) is 0 Å². The molecule has 0 spiro atoms. The van der Waals surface area contributed by atoms with Crippen LogP contribution in [0.4, 0.5) is 0 Å². The van der Waals surface area contributed by atoms with Gasteiger partial charge in [0.25, 0.3) is 0 Å². The van der Waals surface area contributed by atoms with Crippen molar-refractivity contribution in [3.8, 4) is 0 Å². The van der Waals surface area contributed by atoms with Crippen molar-refractivity contribution in [2.24, 2.45) is 5.41 Å². The van der Waals surface area contributed by atoms with Crippen LogP contribution in [0.15, 0.2) is 24.5 Å². The molecule has 0 aliphatic heterocycles. The lowest BCUT2D eigenvalue weighted by Crippen LogP contribution is -2.39. The number of rotatable bonds is 6. The van der Waals surface area contributed by atoms with Crippen LogP contribution in [-0.2, 0) is 11.2 Å². The minimum absolute atomic E-state index is 0.0781. The molecule has 0 atom stereocenters. The molecule has 0 radical (unpaired) electrons. The van der Waals surface area contributed by atoms with Crippen LogP contribution in [-0.4, -0.2) is 36.3 Å². The molecule has 0 unspecified atom stereocenters. The zero-order chi connectivity index (χ0) is 13.6. The zero-order valence-corrected chi connectivity index (χ0v) is 11.8. The Morgan fingerprint density at radius 2 is 1.95 bits per heavy atom. The summed E-state index contributed by atoms with van der Waals surface area (Å²) < 4.78 is 0. The van der Waals surface area contributed by atoms with Gasteiger partial charge in [0.2, 0.25) is 0 Å². The van der Waals surface area contributed by atoms with E-state index in [-0.39, 0.29) is 5.41 Å². The average molecular weight is 260 g/mol. The molecule has 19 heavy (non-hydrogen) atoms. The van der Waals surface area contributed by atoms with E-state index >= 15 is 0 Å². The maximum Gasteiger partial charge on any atom is 0.127 e. The van der Waals surface area contributed by atoms with Crippen LogP contribution in [0.5, 0.6) is 0 Å². The number of likely N-dealkylation sites (N-methyl/N-ethyl adjacent to an activating group) is 1. The van der Waals surface area contributed by atoms with Crippen LogP contribution >= 0.6 is 0 Å². The normalized spacial score (nSPS) is 18.4. The summed E-state index contributed by atoms with van der Waals surface area (Å²) in [6.45, 7) is 1.90. The highest BCUT2D eigenvalue weighted by molar-refractivity contribution is 5.60. The number of carbonyl (C=O) groups is 1. The molecular formula is C16H24N2O. The summed E-state index contributed by atoms with van der Waals surface area (Å²) >= 11 is 0. The molecule has 1 aromatic rings. The number of hydrogen-bond acceptors (Lipinski definition) is 3. The standard InChI is InChI=1S/C16H24N2O/c1-18(12-7-15-5-10-17-11-6-15)13-16(14-19)8-3-2-4-9-16/h5-6,10-11,14H,2-4,7-9,12-13H2,1H3. The third-order valence-corrected chi connectivity index (χ3v) is 4.22. The van der Waals surface area contributed by atoms with Gasteiger partial charge in [0.1, 0.15) is 6.29 Å². The van der Waals surface area contributed by atoms with Crippen molar-refractivity contribution in [1.82, 2.24) is 9.88 Å². The quantitative estimate of drug-likeness (QED) is 0.737. The molecule has 1 aliphatic carbocycles. The number of aldehydes is 1. The maximum atomic E-state index is 11.5. The van der Waals surface area contributed by atoms with Crippen LogP contribution in [0.1, 0.15) is 37.7 Å². The van der Waals surface area contributed by atoms with E-state index in [1.165, 1.54) is 31.1 Å². The molecule has 0 amide bonds. The largest absolute Gasteiger partial charge is 0.305 e. The first-order valence-corrected chi connectivity index (χ1v) is 7.28. The highest BCUT2D eigenvalue weighted by Gasteiger charge is 2.32. The number of aromatic nitrogens is 1. The van der Waals surface area contributed by atoms with E-state index in [0.717, 1.165) is 32.4 Å².